The van der Waals surface area contributed by atoms with E-state index in [1.807, 2.05) is 48.5 Å². The van der Waals surface area contributed by atoms with Crippen molar-refractivity contribution in [2.75, 3.05) is 5.32 Å². The Kier molecular flexibility index (Phi) is 5.17. The summed E-state index contributed by atoms with van der Waals surface area (Å²) in [5.41, 5.74) is 2.49. The van der Waals surface area contributed by atoms with Crippen molar-refractivity contribution in [3.05, 3.63) is 99.5 Å². The number of benzene rings is 2. The van der Waals surface area contributed by atoms with E-state index in [1.165, 1.54) is 10.8 Å². The van der Waals surface area contributed by atoms with Crippen LogP contribution >= 0.6 is 0 Å². The molecule has 0 spiro atoms. The van der Waals surface area contributed by atoms with Gasteiger partial charge < -0.3 is 10.2 Å². The standard InChI is InChI=1S/C21H20N2O3/c1-15-13-19(24)20(21(25)22-18-11-7-4-8-12-18)16(2)23(15)26-14-17-9-5-3-6-10-17/h3-13H,14H2,1-2H3,(H,22,25). The summed E-state index contributed by atoms with van der Waals surface area (Å²) in [6.07, 6.45) is 0. The zero-order valence-electron chi connectivity index (χ0n) is 14.7. The van der Waals surface area contributed by atoms with E-state index < -0.39 is 5.91 Å². The molecule has 0 bridgehead atoms. The second-order valence-electron chi connectivity index (χ2n) is 5.98. The number of nitrogens with one attached hydrogen (secondary N) is 1. The van der Waals surface area contributed by atoms with Crippen LogP contribution in [0.4, 0.5) is 5.69 Å². The fourth-order valence-corrected chi connectivity index (χ4v) is 2.77. The third-order valence-electron chi connectivity index (χ3n) is 4.04. The molecule has 1 heterocycles. The van der Waals surface area contributed by atoms with Crippen molar-refractivity contribution in [1.29, 1.82) is 0 Å². The van der Waals surface area contributed by atoms with Gasteiger partial charge in [0.25, 0.3) is 5.91 Å². The Morgan fingerprint density at radius 3 is 2.27 bits per heavy atom. The molecule has 0 radical (unpaired) electrons. The van der Waals surface area contributed by atoms with Gasteiger partial charge in [0.05, 0.1) is 11.4 Å². The first-order valence-electron chi connectivity index (χ1n) is 8.33. The van der Waals surface area contributed by atoms with Crippen LogP contribution in [-0.4, -0.2) is 10.6 Å². The predicted octanol–water partition coefficient (Wildman–Crippen LogP) is 3.35. The Morgan fingerprint density at radius 2 is 1.62 bits per heavy atom. The van der Waals surface area contributed by atoms with Crippen molar-refractivity contribution in [1.82, 2.24) is 4.73 Å². The van der Waals surface area contributed by atoms with Crippen LogP contribution in [0.5, 0.6) is 0 Å². The van der Waals surface area contributed by atoms with E-state index in [0.29, 0.717) is 23.7 Å². The molecule has 1 aromatic heterocycles. The van der Waals surface area contributed by atoms with Gasteiger partial charge in [-0.05, 0) is 31.5 Å². The van der Waals surface area contributed by atoms with Gasteiger partial charge in [-0.15, -0.1) is 0 Å². The number of aryl methyl sites for hydroxylation is 1. The molecule has 3 aromatic rings. The molecule has 5 nitrogen and oxygen atoms in total. The normalized spacial score (nSPS) is 10.4. The maximum Gasteiger partial charge on any atom is 0.261 e. The molecule has 0 unspecified atom stereocenters. The SMILES string of the molecule is Cc1cc(=O)c(C(=O)Nc2ccccc2)c(C)n1OCc1ccccc1. The number of carbonyl (C=O) groups is 1. The first-order valence-corrected chi connectivity index (χ1v) is 8.33. The summed E-state index contributed by atoms with van der Waals surface area (Å²) in [4.78, 5) is 30.9. The van der Waals surface area contributed by atoms with E-state index in [9.17, 15) is 9.59 Å². The van der Waals surface area contributed by atoms with Crippen LogP contribution in [0.15, 0.2) is 71.5 Å². The molecule has 5 heteroatoms. The second-order valence-corrected chi connectivity index (χ2v) is 5.98. The molecule has 0 atom stereocenters. The molecule has 1 amide bonds. The van der Waals surface area contributed by atoms with Crippen LogP contribution in [0, 0.1) is 13.8 Å². The smallest absolute Gasteiger partial charge is 0.261 e. The van der Waals surface area contributed by atoms with Crippen molar-refractivity contribution in [2.45, 2.75) is 20.5 Å². The number of aromatic nitrogens is 1. The van der Waals surface area contributed by atoms with Gasteiger partial charge in [0.1, 0.15) is 12.2 Å². The zero-order valence-corrected chi connectivity index (χ0v) is 14.7. The molecule has 2 aromatic carbocycles. The van der Waals surface area contributed by atoms with E-state index in [1.54, 1.807) is 26.0 Å². The molecule has 1 N–H and O–H groups in total. The van der Waals surface area contributed by atoms with Crippen molar-refractivity contribution < 1.29 is 9.63 Å². The van der Waals surface area contributed by atoms with E-state index in [0.717, 1.165) is 5.56 Å². The molecule has 0 fully saturated rings. The second kappa shape index (κ2) is 7.70. The molecular formula is C21H20N2O3. The quantitative estimate of drug-likeness (QED) is 0.769. The van der Waals surface area contributed by atoms with Gasteiger partial charge in [-0.1, -0.05) is 48.5 Å². The molecule has 0 saturated carbocycles. The average Bonchev–Trinajstić information content (AvgIpc) is 2.63. The summed E-state index contributed by atoms with van der Waals surface area (Å²) in [7, 11) is 0. The number of pyridine rings is 1. The largest absolute Gasteiger partial charge is 0.409 e. The van der Waals surface area contributed by atoms with Gasteiger partial charge in [0.2, 0.25) is 0 Å². The van der Waals surface area contributed by atoms with Crippen molar-refractivity contribution in [2.24, 2.45) is 0 Å². The average molecular weight is 348 g/mol. The van der Waals surface area contributed by atoms with Gasteiger partial charge in [-0.25, -0.2) is 0 Å². The fraction of sp³-hybridized carbons (Fsp3) is 0.143. The minimum atomic E-state index is -0.448. The molecule has 0 saturated heterocycles. The molecule has 3 rings (SSSR count). The molecule has 132 valence electrons. The predicted molar refractivity (Wildman–Crippen MR) is 101 cm³/mol. The summed E-state index contributed by atoms with van der Waals surface area (Å²) in [6.45, 7) is 3.82. The summed E-state index contributed by atoms with van der Waals surface area (Å²) in [5, 5.41) is 2.75. The number of amides is 1. The summed E-state index contributed by atoms with van der Waals surface area (Å²) in [6, 6.07) is 20.2. The molecule has 0 aliphatic rings. The first-order chi connectivity index (χ1) is 12.6. The number of carbonyl (C=O) groups excluding carboxylic acids is 1. The monoisotopic (exact) mass is 348 g/mol. The number of nitrogens with zero attached hydrogens (tertiary/aromatic N) is 1. The Labute approximate surface area is 151 Å². The maximum absolute atomic E-state index is 12.6. The fourth-order valence-electron chi connectivity index (χ4n) is 2.77. The molecule has 26 heavy (non-hydrogen) atoms. The van der Waals surface area contributed by atoms with Gasteiger partial charge in [0.15, 0.2) is 5.43 Å². The van der Waals surface area contributed by atoms with Gasteiger partial charge in [0, 0.05) is 11.8 Å². The van der Waals surface area contributed by atoms with E-state index >= 15 is 0 Å². The number of hydrogen-bond donors (Lipinski definition) is 1. The van der Waals surface area contributed by atoms with E-state index in [2.05, 4.69) is 5.32 Å². The molecule has 0 aliphatic carbocycles. The highest BCUT2D eigenvalue weighted by atomic mass is 16.7. The van der Waals surface area contributed by atoms with Crippen LogP contribution in [0.25, 0.3) is 0 Å². The van der Waals surface area contributed by atoms with Crippen LogP contribution in [-0.2, 0) is 6.61 Å². The van der Waals surface area contributed by atoms with Crippen LogP contribution in [0.3, 0.4) is 0 Å². The summed E-state index contributed by atoms with van der Waals surface area (Å²) in [5.74, 6) is -0.448. The van der Waals surface area contributed by atoms with Crippen molar-refractivity contribution in [3.8, 4) is 0 Å². The number of anilines is 1. The maximum atomic E-state index is 12.6. The molecule has 0 aliphatic heterocycles. The number of para-hydroxylation sites is 1. The third kappa shape index (κ3) is 3.83. The Morgan fingerprint density at radius 1 is 1.00 bits per heavy atom. The minimum absolute atomic E-state index is 0.0764. The zero-order chi connectivity index (χ0) is 18.5. The lowest BCUT2D eigenvalue weighted by atomic mass is 10.1. The van der Waals surface area contributed by atoms with Crippen LogP contribution in [0.2, 0.25) is 0 Å². The lowest BCUT2D eigenvalue weighted by molar-refractivity contribution is 0.0844. The lowest BCUT2D eigenvalue weighted by Crippen LogP contribution is -2.29. The summed E-state index contributed by atoms with van der Waals surface area (Å²) >= 11 is 0. The van der Waals surface area contributed by atoms with E-state index in [-0.39, 0.29) is 11.0 Å². The van der Waals surface area contributed by atoms with Gasteiger partial charge >= 0.3 is 0 Å². The van der Waals surface area contributed by atoms with Gasteiger partial charge in [-0.3, -0.25) is 9.59 Å². The topological polar surface area (TPSA) is 60.3 Å². The van der Waals surface area contributed by atoms with Gasteiger partial charge in [-0.2, -0.15) is 4.73 Å². The number of rotatable bonds is 5. The molecular weight excluding hydrogens is 328 g/mol. The lowest BCUT2D eigenvalue weighted by Gasteiger charge is -2.18. The highest BCUT2D eigenvalue weighted by molar-refractivity contribution is 6.04. The van der Waals surface area contributed by atoms with Crippen LogP contribution < -0.4 is 15.6 Å². The van der Waals surface area contributed by atoms with Crippen molar-refractivity contribution >= 4 is 11.6 Å². The van der Waals surface area contributed by atoms with Crippen molar-refractivity contribution in [3.63, 3.8) is 0 Å². The minimum Gasteiger partial charge on any atom is -0.409 e. The third-order valence-corrected chi connectivity index (χ3v) is 4.04. The highest BCUT2D eigenvalue weighted by Crippen LogP contribution is 2.11. The number of hydrogen-bond acceptors (Lipinski definition) is 3. The Hall–Kier alpha value is -3.34. The van der Waals surface area contributed by atoms with E-state index in [4.69, 9.17) is 4.84 Å². The summed E-state index contributed by atoms with van der Waals surface area (Å²) < 4.78 is 1.54. The Balaban J connectivity index is 1.88. The first kappa shape index (κ1) is 17.5. The van der Waals surface area contributed by atoms with Crippen LogP contribution in [0.1, 0.15) is 27.3 Å². The highest BCUT2D eigenvalue weighted by Gasteiger charge is 2.18. The Bertz CT molecular complexity index is 964.